The lowest BCUT2D eigenvalue weighted by Gasteiger charge is -2.12. The fourth-order valence-electron chi connectivity index (χ4n) is 1.74. The van der Waals surface area contributed by atoms with Crippen LogP contribution in [0, 0.1) is 5.92 Å². The Labute approximate surface area is 121 Å². The van der Waals surface area contributed by atoms with E-state index in [-0.39, 0.29) is 0 Å². The number of amides is 1. The molecule has 1 aromatic carbocycles. The summed E-state index contributed by atoms with van der Waals surface area (Å²) in [4.78, 5) is 26.6. The van der Waals surface area contributed by atoms with Crippen LogP contribution < -0.4 is 5.32 Å². The van der Waals surface area contributed by atoms with E-state index in [1.807, 2.05) is 30.3 Å². The van der Waals surface area contributed by atoms with Crippen molar-refractivity contribution in [2.75, 3.05) is 0 Å². The molecule has 6 heteroatoms. The summed E-state index contributed by atoms with van der Waals surface area (Å²) in [7, 11) is 0. The van der Waals surface area contributed by atoms with E-state index in [2.05, 4.69) is 10.3 Å². The normalized spacial score (nSPS) is 13.4. The molecule has 0 spiro atoms. The molecule has 6 nitrogen and oxygen atoms in total. The smallest absolute Gasteiger partial charge is 0.315 e. The molecule has 110 valence electrons. The van der Waals surface area contributed by atoms with E-state index >= 15 is 0 Å². The van der Waals surface area contributed by atoms with Crippen LogP contribution in [0.5, 0.6) is 0 Å². The third kappa shape index (κ3) is 3.47. The van der Waals surface area contributed by atoms with E-state index in [4.69, 9.17) is 9.52 Å². The molecule has 0 aliphatic carbocycles. The zero-order valence-corrected chi connectivity index (χ0v) is 11.7. The highest BCUT2D eigenvalue weighted by Crippen LogP contribution is 2.22. The van der Waals surface area contributed by atoms with Gasteiger partial charge in [-0.1, -0.05) is 30.3 Å². The highest BCUT2D eigenvalue weighted by atomic mass is 16.4. The van der Waals surface area contributed by atoms with Gasteiger partial charge in [0, 0.05) is 5.56 Å². The second-order valence-electron chi connectivity index (χ2n) is 4.72. The molecular formula is C15H16N2O4. The van der Waals surface area contributed by atoms with E-state index < -0.39 is 23.8 Å². The topological polar surface area (TPSA) is 92.4 Å². The maximum Gasteiger partial charge on any atom is 0.315 e. The number of carboxylic acids is 1. The molecule has 2 unspecified atom stereocenters. The van der Waals surface area contributed by atoms with Crippen molar-refractivity contribution in [3.05, 3.63) is 42.4 Å². The molecule has 21 heavy (non-hydrogen) atoms. The molecule has 0 bridgehead atoms. The van der Waals surface area contributed by atoms with E-state index in [0.717, 1.165) is 5.56 Å². The van der Waals surface area contributed by atoms with Gasteiger partial charge in [0.1, 0.15) is 12.0 Å². The number of carbonyl (C=O) groups is 2. The lowest BCUT2D eigenvalue weighted by Crippen LogP contribution is -2.35. The number of nitrogens with zero attached hydrogens (tertiary/aromatic N) is 1. The van der Waals surface area contributed by atoms with Crippen LogP contribution in [0.3, 0.4) is 0 Å². The predicted octanol–water partition coefficient (Wildman–Crippen LogP) is 2.24. The number of rotatable bonds is 5. The zero-order chi connectivity index (χ0) is 15.4. The molecule has 2 rings (SSSR count). The first-order chi connectivity index (χ1) is 9.99. The molecule has 0 radical (unpaired) electrons. The van der Waals surface area contributed by atoms with Crippen molar-refractivity contribution in [2.24, 2.45) is 5.92 Å². The van der Waals surface area contributed by atoms with Crippen molar-refractivity contribution in [1.82, 2.24) is 10.3 Å². The summed E-state index contributed by atoms with van der Waals surface area (Å²) in [5.74, 6) is -1.93. The summed E-state index contributed by atoms with van der Waals surface area (Å²) < 4.78 is 5.60. The summed E-state index contributed by atoms with van der Waals surface area (Å²) in [6, 6.07) is 8.95. The largest absolute Gasteiger partial charge is 0.481 e. The Morgan fingerprint density at radius 2 is 1.90 bits per heavy atom. The number of hydrogen-bond donors (Lipinski definition) is 2. The van der Waals surface area contributed by atoms with Gasteiger partial charge in [0.25, 0.3) is 0 Å². The van der Waals surface area contributed by atoms with E-state index in [1.54, 1.807) is 13.1 Å². The van der Waals surface area contributed by atoms with Crippen LogP contribution in [0.2, 0.25) is 0 Å². The van der Waals surface area contributed by atoms with Crippen molar-refractivity contribution in [3.63, 3.8) is 0 Å². The van der Waals surface area contributed by atoms with Gasteiger partial charge in [0.15, 0.2) is 5.76 Å². The van der Waals surface area contributed by atoms with E-state index in [1.165, 1.54) is 6.92 Å². The van der Waals surface area contributed by atoms with Gasteiger partial charge in [-0.15, -0.1) is 0 Å². The van der Waals surface area contributed by atoms with Crippen LogP contribution in [0.25, 0.3) is 11.3 Å². The molecule has 0 aliphatic heterocycles. The van der Waals surface area contributed by atoms with Crippen LogP contribution in [-0.4, -0.2) is 22.0 Å². The molecule has 1 amide bonds. The number of carboxylic acid groups (broad SMARTS) is 1. The van der Waals surface area contributed by atoms with Crippen LogP contribution in [0.4, 0.5) is 0 Å². The summed E-state index contributed by atoms with van der Waals surface area (Å²) in [6.07, 6.45) is 1.58. The Morgan fingerprint density at radius 1 is 1.24 bits per heavy atom. The molecule has 0 saturated heterocycles. The van der Waals surface area contributed by atoms with E-state index in [0.29, 0.717) is 11.7 Å². The standard InChI is InChI=1S/C15H16N2O4/c1-9(15(19)20)13(18)17-10(2)14-16-8-12(21-14)11-6-4-3-5-7-11/h3-10H,1-2H3,(H,17,18)(H,19,20). The summed E-state index contributed by atoms with van der Waals surface area (Å²) >= 11 is 0. The third-order valence-corrected chi connectivity index (χ3v) is 3.07. The van der Waals surface area contributed by atoms with Crippen molar-refractivity contribution >= 4 is 11.9 Å². The zero-order valence-electron chi connectivity index (χ0n) is 11.7. The summed E-state index contributed by atoms with van der Waals surface area (Å²) in [5, 5.41) is 11.4. The number of oxazole rings is 1. The number of carbonyl (C=O) groups excluding carboxylic acids is 1. The Kier molecular flexibility index (Phi) is 4.37. The SMILES string of the molecule is CC(C(=O)O)C(=O)NC(C)c1ncc(-c2ccccc2)o1. The van der Waals surface area contributed by atoms with Gasteiger partial charge < -0.3 is 14.8 Å². The van der Waals surface area contributed by atoms with Gasteiger partial charge in [-0.25, -0.2) is 4.98 Å². The van der Waals surface area contributed by atoms with Crippen molar-refractivity contribution < 1.29 is 19.1 Å². The minimum Gasteiger partial charge on any atom is -0.481 e. The Balaban J connectivity index is 2.08. The first-order valence-corrected chi connectivity index (χ1v) is 6.53. The second-order valence-corrected chi connectivity index (χ2v) is 4.72. The van der Waals surface area contributed by atoms with Gasteiger partial charge in [0.05, 0.1) is 6.20 Å². The lowest BCUT2D eigenvalue weighted by molar-refractivity contribution is -0.146. The van der Waals surface area contributed by atoms with Crippen LogP contribution in [-0.2, 0) is 9.59 Å². The highest BCUT2D eigenvalue weighted by molar-refractivity contribution is 5.96. The summed E-state index contributed by atoms with van der Waals surface area (Å²) in [5.41, 5.74) is 0.883. The Hall–Kier alpha value is -2.63. The average molecular weight is 288 g/mol. The fourth-order valence-corrected chi connectivity index (χ4v) is 1.74. The molecule has 0 saturated carbocycles. The van der Waals surface area contributed by atoms with Crippen molar-refractivity contribution in [1.29, 1.82) is 0 Å². The van der Waals surface area contributed by atoms with Crippen LogP contribution in [0.1, 0.15) is 25.8 Å². The molecular weight excluding hydrogens is 272 g/mol. The average Bonchev–Trinajstić information content (AvgIpc) is 2.97. The molecule has 2 N–H and O–H groups in total. The van der Waals surface area contributed by atoms with Gasteiger partial charge in [-0.3, -0.25) is 9.59 Å². The molecule has 1 aromatic heterocycles. The van der Waals surface area contributed by atoms with Crippen molar-refractivity contribution in [3.8, 4) is 11.3 Å². The van der Waals surface area contributed by atoms with Gasteiger partial charge in [-0.2, -0.15) is 0 Å². The molecule has 2 atom stereocenters. The number of hydrogen-bond acceptors (Lipinski definition) is 4. The van der Waals surface area contributed by atoms with Gasteiger partial charge in [-0.05, 0) is 13.8 Å². The Bertz CT molecular complexity index is 636. The van der Waals surface area contributed by atoms with E-state index in [9.17, 15) is 9.59 Å². The molecule has 0 fully saturated rings. The number of nitrogens with one attached hydrogen (secondary N) is 1. The quantitative estimate of drug-likeness (QED) is 0.823. The maximum atomic E-state index is 11.7. The predicted molar refractivity (Wildman–Crippen MR) is 75.3 cm³/mol. The number of aromatic nitrogens is 1. The number of aliphatic carboxylic acids is 1. The first kappa shape index (κ1) is 14.8. The first-order valence-electron chi connectivity index (χ1n) is 6.53. The molecule has 0 aliphatic rings. The lowest BCUT2D eigenvalue weighted by atomic mass is 10.1. The highest BCUT2D eigenvalue weighted by Gasteiger charge is 2.24. The van der Waals surface area contributed by atoms with Gasteiger partial charge in [0.2, 0.25) is 11.8 Å². The van der Waals surface area contributed by atoms with Crippen molar-refractivity contribution in [2.45, 2.75) is 19.9 Å². The Morgan fingerprint density at radius 3 is 2.52 bits per heavy atom. The maximum absolute atomic E-state index is 11.7. The molecule has 1 heterocycles. The third-order valence-electron chi connectivity index (χ3n) is 3.07. The monoisotopic (exact) mass is 288 g/mol. The van der Waals surface area contributed by atoms with Crippen LogP contribution in [0.15, 0.2) is 40.9 Å². The second kappa shape index (κ2) is 6.21. The summed E-state index contributed by atoms with van der Waals surface area (Å²) in [6.45, 7) is 3.02. The van der Waals surface area contributed by atoms with Gasteiger partial charge >= 0.3 is 5.97 Å². The number of benzene rings is 1. The van der Waals surface area contributed by atoms with Crippen LogP contribution >= 0.6 is 0 Å². The molecule has 2 aromatic rings. The minimum atomic E-state index is -1.17. The minimum absolute atomic E-state index is 0.333. The fraction of sp³-hybridized carbons (Fsp3) is 0.267.